The van der Waals surface area contributed by atoms with Gasteiger partial charge in [-0.3, -0.25) is 4.79 Å². The van der Waals surface area contributed by atoms with Crippen LogP contribution in [-0.2, 0) is 9.53 Å². The molecule has 5 heteroatoms. The Hall–Kier alpha value is -2.27. The molecule has 0 bridgehead atoms. The van der Waals surface area contributed by atoms with Crippen LogP contribution in [0.2, 0.25) is 0 Å². The van der Waals surface area contributed by atoms with Gasteiger partial charge in [0.1, 0.15) is 0 Å². The minimum atomic E-state index is -0.389. The van der Waals surface area contributed by atoms with Crippen LogP contribution in [0.1, 0.15) is 29.8 Å². The van der Waals surface area contributed by atoms with E-state index in [0.29, 0.717) is 17.9 Å². The van der Waals surface area contributed by atoms with Crippen molar-refractivity contribution in [2.75, 3.05) is 11.9 Å². The molecule has 2 rings (SSSR count). The van der Waals surface area contributed by atoms with E-state index in [0.717, 1.165) is 10.5 Å². The quantitative estimate of drug-likeness (QED) is 0.628. The number of thioether (sulfide) groups is 1. The first-order valence-electron chi connectivity index (χ1n) is 7.81. The molecule has 1 atom stereocenters. The van der Waals surface area contributed by atoms with E-state index in [1.165, 1.54) is 11.8 Å². The fraction of sp³-hybridized carbons (Fsp3) is 0.263. The number of anilines is 1. The van der Waals surface area contributed by atoms with Crippen LogP contribution in [0.5, 0.6) is 0 Å². The number of ether oxygens (including phenoxy) is 1. The van der Waals surface area contributed by atoms with Gasteiger partial charge in [-0.25, -0.2) is 4.79 Å². The lowest BCUT2D eigenvalue weighted by atomic mass is 10.1. The summed E-state index contributed by atoms with van der Waals surface area (Å²) in [5, 5.41) is 2.65. The lowest BCUT2D eigenvalue weighted by Crippen LogP contribution is -2.23. The second kappa shape index (κ2) is 8.55. The average molecular weight is 343 g/mol. The van der Waals surface area contributed by atoms with Gasteiger partial charge in [0.15, 0.2) is 0 Å². The Morgan fingerprint density at radius 1 is 1.17 bits per heavy atom. The average Bonchev–Trinajstić information content (AvgIpc) is 2.57. The molecular formula is C19H21NO3S. The van der Waals surface area contributed by atoms with Crippen molar-refractivity contribution in [1.29, 1.82) is 0 Å². The standard InChI is InChI=1S/C19H21NO3S/c1-4-23-19(22)15-11-10-13(2)17(12-15)20-18(21)14(3)24-16-8-6-5-7-9-16/h5-12,14H,4H2,1-3H3,(H,20,21)/t14-/m1/s1. The fourth-order valence-corrected chi connectivity index (χ4v) is 2.98. The van der Waals surface area contributed by atoms with Crippen molar-refractivity contribution >= 4 is 29.3 Å². The van der Waals surface area contributed by atoms with Crippen molar-refractivity contribution < 1.29 is 14.3 Å². The van der Waals surface area contributed by atoms with Gasteiger partial charge in [0.2, 0.25) is 5.91 Å². The third-order valence-electron chi connectivity index (χ3n) is 3.43. The highest BCUT2D eigenvalue weighted by molar-refractivity contribution is 8.00. The predicted molar refractivity (Wildman–Crippen MR) is 97.5 cm³/mol. The third-order valence-corrected chi connectivity index (χ3v) is 4.54. The van der Waals surface area contributed by atoms with Crippen molar-refractivity contribution in [3.05, 3.63) is 59.7 Å². The van der Waals surface area contributed by atoms with Gasteiger partial charge in [-0.2, -0.15) is 0 Å². The first-order valence-corrected chi connectivity index (χ1v) is 8.69. The van der Waals surface area contributed by atoms with Gasteiger partial charge >= 0.3 is 5.97 Å². The fourth-order valence-electron chi connectivity index (χ4n) is 2.09. The van der Waals surface area contributed by atoms with Gasteiger partial charge in [-0.15, -0.1) is 11.8 Å². The van der Waals surface area contributed by atoms with Crippen molar-refractivity contribution in [3.63, 3.8) is 0 Å². The van der Waals surface area contributed by atoms with Gasteiger partial charge in [-0.05, 0) is 50.6 Å². The summed E-state index contributed by atoms with van der Waals surface area (Å²) in [5.41, 5.74) is 1.96. The number of esters is 1. The summed E-state index contributed by atoms with van der Waals surface area (Å²) in [7, 11) is 0. The van der Waals surface area contributed by atoms with Crippen molar-refractivity contribution in [1.82, 2.24) is 0 Å². The molecule has 0 unspecified atom stereocenters. The van der Waals surface area contributed by atoms with E-state index in [-0.39, 0.29) is 17.1 Å². The minimum Gasteiger partial charge on any atom is -0.462 e. The number of carbonyl (C=O) groups is 2. The maximum absolute atomic E-state index is 12.4. The Morgan fingerprint density at radius 2 is 1.88 bits per heavy atom. The number of carbonyl (C=O) groups excluding carboxylic acids is 2. The Kier molecular flexibility index (Phi) is 6.44. The molecule has 0 aromatic heterocycles. The van der Waals surface area contributed by atoms with Gasteiger partial charge in [-0.1, -0.05) is 24.3 Å². The Morgan fingerprint density at radius 3 is 2.54 bits per heavy atom. The number of hydrogen-bond donors (Lipinski definition) is 1. The normalized spacial score (nSPS) is 11.6. The highest BCUT2D eigenvalue weighted by Gasteiger charge is 2.16. The van der Waals surface area contributed by atoms with Crippen molar-refractivity contribution in [2.24, 2.45) is 0 Å². The zero-order valence-electron chi connectivity index (χ0n) is 14.0. The molecule has 0 aliphatic rings. The molecule has 0 saturated heterocycles. The van der Waals surface area contributed by atoms with E-state index in [1.54, 1.807) is 25.1 Å². The predicted octanol–water partition coefficient (Wildman–Crippen LogP) is 4.29. The van der Waals surface area contributed by atoms with Crippen LogP contribution in [0.4, 0.5) is 5.69 Å². The zero-order valence-corrected chi connectivity index (χ0v) is 14.9. The van der Waals surface area contributed by atoms with Crippen molar-refractivity contribution in [3.8, 4) is 0 Å². The molecule has 0 saturated carbocycles. The van der Waals surface area contributed by atoms with Gasteiger partial charge in [0.25, 0.3) is 0 Å². The minimum absolute atomic E-state index is 0.104. The van der Waals surface area contributed by atoms with Crippen LogP contribution >= 0.6 is 11.8 Å². The van der Waals surface area contributed by atoms with Crippen LogP contribution in [-0.4, -0.2) is 23.7 Å². The first kappa shape index (κ1) is 18.1. The van der Waals surface area contributed by atoms with Crippen LogP contribution in [0, 0.1) is 6.92 Å². The Bertz CT molecular complexity index is 716. The highest BCUT2D eigenvalue weighted by atomic mass is 32.2. The molecule has 0 spiro atoms. The highest BCUT2D eigenvalue weighted by Crippen LogP contribution is 2.25. The maximum atomic E-state index is 12.4. The molecule has 0 aliphatic heterocycles. The number of aryl methyl sites for hydroxylation is 1. The van der Waals surface area contributed by atoms with E-state index in [1.807, 2.05) is 44.2 Å². The third kappa shape index (κ3) is 4.86. The summed E-state index contributed by atoms with van der Waals surface area (Å²) in [4.78, 5) is 25.3. The molecular weight excluding hydrogens is 322 g/mol. The van der Waals surface area contributed by atoms with Gasteiger partial charge in [0, 0.05) is 10.6 Å². The summed E-state index contributed by atoms with van der Waals surface area (Å²) < 4.78 is 5.00. The molecule has 0 fully saturated rings. The molecule has 2 aromatic carbocycles. The van der Waals surface area contributed by atoms with E-state index in [9.17, 15) is 9.59 Å². The van der Waals surface area contributed by atoms with E-state index in [2.05, 4.69) is 5.32 Å². The molecule has 2 aromatic rings. The summed E-state index contributed by atoms with van der Waals surface area (Å²) in [6.45, 7) is 5.83. The molecule has 0 heterocycles. The van der Waals surface area contributed by atoms with Gasteiger partial charge in [0.05, 0.1) is 17.4 Å². The van der Waals surface area contributed by atoms with Crippen molar-refractivity contribution in [2.45, 2.75) is 30.9 Å². The number of amides is 1. The second-order valence-corrected chi connectivity index (χ2v) is 6.73. The number of benzene rings is 2. The topological polar surface area (TPSA) is 55.4 Å². The number of hydrogen-bond acceptors (Lipinski definition) is 4. The second-order valence-electron chi connectivity index (χ2n) is 5.31. The van der Waals surface area contributed by atoms with Gasteiger partial charge < -0.3 is 10.1 Å². The van der Waals surface area contributed by atoms with Crippen LogP contribution < -0.4 is 5.32 Å². The van der Waals surface area contributed by atoms with E-state index < -0.39 is 0 Å². The number of rotatable bonds is 6. The Balaban J connectivity index is 2.07. The van der Waals surface area contributed by atoms with Crippen LogP contribution in [0.15, 0.2) is 53.4 Å². The molecule has 1 amide bonds. The molecule has 4 nitrogen and oxygen atoms in total. The molecule has 0 aliphatic carbocycles. The first-order chi connectivity index (χ1) is 11.5. The molecule has 0 radical (unpaired) electrons. The summed E-state index contributed by atoms with van der Waals surface area (Å²) in [6.07, 6.45) is 0. The lowest BCUT2D eigenvalue weighted by molar-refractivity contribution is -0.115. The van der Waals surface area contributed by atoms with E-state index >= 15 is 0 Å². The van der Waals surface area contributed by atoms with Crippen LogP contribution in [0.3, 0.4) is 0 Å². The monoisotopic (exact) mass is 343 g/mol. The molecule has 1 N–H and O–H groups in total. The molecule has 24 heavy (non-hydrogen) atoms. The summed E-state index contributed by atoms with van der Waals surface area (Å²) in [6, 6.07) is 14.9. The lowest BCUT2D eigenvalue weighted by Gasteiger charge is -2.14. The summed E-state index contributed by atoms with van der Waals surface area (Å²) in [5.74, 6) is -0.493. The largest absolute Gasteiger partial charge is 0.462 e. The smallest absolute Gasteiger partial charge is 0.338 e. The van der Waals surface area contributed by atoms with E-state index in [4.69, 9.17) is 4.74 Å². The number of nitrogens with one attached hydrogen (secondary N) is 1. The van der Waals surface area contributed by atoms with Crippen LogP contribution in [0.25, 0.3) is 0 Å². The summed E-state index contributed by atoms with van der Waals surface area (Å²) >= 11 is 1.49. The SMILES string of the molecule is CCOC(=O)c1ccc(C)c(NC(=O)[C@@H](C)Sc2ccccc2)c1. The zero-order chi connectivity index (χ0) is 17.5. The Labute approximate surface area is 146 Å². The maximum Gasteiger partial charge on any atom is 0.338 e. The molecule has 126 valence electrons.